The number of Topliss-reactive ketones (excluding diaryl/α,β-unsaturated/α-hetero) is 1. The minimum absolute atomic E-state index is 0.0510. The molecule has 0 saturated heterocycles. The van der Waals surface area contributed by atoms with Gasteiger partial charge in [-0.1, -0.05) is 38.0 Å². The summed E-state index contributed by atoms with van der Waals surface area (Å²) in [5, 5.41) is 1.68. The standard InChI is InChI=1S/C25H24N4O3/c1-15-6-2-4-8-19(15)29-23-17-10-11-26-24(17)27-12-20(23)28(25(29)31)13-21(30)18-14-32-22-9-5-3-7-16(18)22/h3,5,7,9-12,14-15,19H,2,4,6,8,13H2,1H3,(H,26,27)/t15-,19+/m1/s1. The maximum Gasteiger partial charge on any atom is 0.329 e. The second-order valence-corrected chi connectivity index (χ2v) is 8.87. The zero-order valence-electron chi connectivity index (χ0n) is 17.9. The Bertz CT molecular complexity index is 1530. The van der Waals surface area contributed by atoms with Crippen LogP contribution in [0.1, 0.15) is 49.0 Å². The molecule has 1 fully saturated rings. The third-order valence-corrected chi connectivity index (χ3v) is 6.99. The van der Waals surface area contributed by atoms with Crippen LogP contribution in [0.3, 0.4) is 0 Å². The zero-order chi connectivity index (χ0) is 21.8. The van der Waals surface area contributed by atoms with E-state index in [0.717, 1.165) is 41.2 Å². The molecule has 1 aliphatic carbocycles. The quantitative estimate of drug-likeness (QED) is 0.406. The summed E-state index contributed by atoms with van der Waals surface area (Å²) in [5.41, 5.74) is 3.33. The molecule has 162 valence electrons. The van der Waals surface area contributed by atoms with Crippen molar-refractivity contribution < 1.29 is 9.21 Å². The molecule has 0 bridgehead atoms. The number of nitrogens with one attached hydrogen (secondary N) is 1. The number of para-hydroxylation sites is 1. The molecule has 4 heterocycles. The number of furan rings is 1. The number of aromatic amines is 1. The van der Waals surface area contributed by atoms with Gasteiger partial charge in [-0.2, -0.15) is 0 Å². The Morgan fingerprint density at radius 1 is 1.19 bits per heavy atom. The lowest BCUT2D eigenvalue weighted by Crippen LogP contribution is -2.33. The van der Waals surface area contributed by atoms with Crippen LogP contribution in [0.4, 0.5) is 0 Å². The van der Waals surface area contributed by atoms with Gasteiger partial charge in [0.1, 0.15) is 17.5 Å². The molecule has 1 aliphatic rings. The summed E-state index contributed by atoms with van der Waals surface area (Å²) >= 11 is 0. The third kappa shape index (κ3) is 2.77. The molecule has 1 saturated carbocycles. The average molecular weight is 428 g/mol. The Morgan fingerprint density at radius 2 is 2.03 bits per heavy atom. The highest BCUT2D eigenvalue weighted by Crippen LogP contribution is 2.36. The van der Waals surface area contributed by atoms with Crippen molar-refractivity contribution in [3.8, 4) is 0 Å². The minimum Gasteiger partial charge on any atom is -0.464 e. The van der Waals surface area contributed by atoms with Gasteiger partial charge in [-0.25, -0.2) is 9.78 Å². The third-order valence-electron chi connectivity index (χ3n) is 6.99. The van der Waals surface area contributed by atoms with Gasteiger partial charge in [-0.05, 0) is 30.9 Å². The largest absolute Gasteiger partial charge is 0.464 e. The summed E-state index contributed by atoms with van der Waals surface area (Å²) in [5.74, 6) is 0.248. The number of hydrogen-bond acceptors (Lipinski definition) is 4. The molecule has 6 rings (SSSR count). The number of H-pyrrole nitrogens is 1. The maximum absolute atomic E-state index is 13.8. The highest BCUT2D eigenvalue weighted by atomic mass is 16.3. The summed E-state index contributed by atoms with van der Waals surface area (Å²) in [4.78, 5) is 34.7. The lowest BCUT2D eigenvalue weighted by atomic mass is 9.85. The average Bonchev–Trinajstić information content (AvgIpc) is 3.51. The van der Waals surface area contributed by atoms with Gasteiger partial charge in [0.25, 0.3) is 0 Å². The van der Waals surface area contributed by atoms with E-state index in [0.29, 0.717) is 22.6 Å². The molecule has 0 amide bonds. The predicted octanol–water partition coefficient (Wildman–Crippen LogP) is 5.06. The van der Waals surface area contributed by atoms with Crippen molar-refractivity contribution in [2.75, 3.05) is 0 Å². The molecule has 0 radical (unpaired) electrons. The predicted molar refractivity (Wildman–Crippen MR) is 123 cm³/mol. The smallest absolute Gasteiger partial charge is 0.329 e. The molecule has 32 heavy (non-hydrogen) atoms. The fraction of sp³-hybridized carbons (Fsp3) is 0.320. The van der Waals surface area contributed by atoms with Crippen molar-refractivity contribution in [2.45, 2.75) is 45.2 Å². The Kier molecular flexibility index (Phi) is 4.31. The number of benzene rings is 1. The van der Waals surface area contributed by atoms with Crippen LogP contribution < -0.4 is 5.69 Å². The van der Waals surface area contributed by atoms with Gasteiger partial charge in [-0.15, -0.1) is 0 Å². The van der Waals surface area contributed by atoms with Gasteiger partial charge in [0.05, 0.1) is 29.3 Å². The van der Waals surface area contributed by atoms with Crippen molar-refractivity contribution in [1.82, 2.24) is 19.1 Å². The molecule has 7 nitrogen and oxygen atoms in total. The first kappa shape index (κ1) is 19.1. The first-order valence-electron chi connectivity index (χ1n) is 11.2. The van der Waals surface area contributed by atoms with Crippen LogP contribution in [0.25, 0.3) is 33.0 Å². The Labute approximate surface area is 183 Å². The van der Waals surface area contributed by atoms with Gasteiger partial charge < -0.3 is 9.40 Å². The molecular formula is C25H24N4O3. The van der Waals surface area contributed by atoms with Gasteiger partial charge in [-0.3, -0.25) is 13.9 Å². The highest BCUT2D eigenvalue weighted by molar-refractivity contribution is 6.08. The molecule has 7 heteroatoms. The lowest BCUT2D eigenvalue weighted by Gasteiger charge is -2.29. The molecule has 1 aromatic carbocycles. The van der Waals surface area contributed by atoms with E-state index >= 15 is 0 Å². The number of pyridine rings is 1. The maximum atomic E-state index is 13.8. The van der Waals surface area contributed by atoms with Crippen LogP contribution in [0.15, 0.2) is 58.2 Å². The van der Waals surface area contributed by atoms with Crippen molar-refractivity contribution >= 4 is 38.8 Å². The molecule has 0 unspecified atom stereocenters. The Morgan fingerprint density at radius 3 is 2.91 bits per heavy atom. The van der Waals surface area contributed by atoms with Gasteiger partial charge in [0, 0.05) is 23.0 Å². The summed E-state index contributed by atoms with van der Waals surface area (Å²) in [7, 11) is 0. The number of aromatic nitrogens is 4. The lowest BCUT2D eigenvalue weighted by molar-refractivity contribution is 0.0972. The van der Waals surface area contributed by atoms with Crippen LogP contribution in [0.2, 0.25) is 0 Å². The van der Waals surface area contributed by atoms with Crippen LogP contribution in [0.5, 0.6) is 0 Å². The molecular weight excluding hydrogens is 404 g/mol. The number of ketones is 1. The molecule has 1 N–H and O–H groups in total. The van der Waals surface area contributed by atoms with Gasteiger partial charge in [0.15, 0.2) is 5.78 Å². The van der Waals surface area contributed by atoms with Gasteiger partial charge in [0.2, 0.25) is 0 Å². The highest BCUT2D eigenvalue weighted by Gasteiger charge is 2.29. The van der Waals surface area contributed by atoms with Gasteiger partial charge >= 0.3 is 5.69 Å². The molecule has 5 aromatic rings. The number of fused-ring (bicyclic) bond motifs is 4. The number of carbonyl (C=O) groups excluding carboxylic acids is 1. The Hall–Kier alpha value is -3.61. The molecule has 0 aliphatic heterocycles. The number of hydrogen-bond donors (Lipinski definition) is 1. The molecule has 2 atom stereocenters. The second-order valence-electron chi connectivity index (χ2n) is 8.87. The van der Waals surface area contributed by atoms with E-state index in [2.05, 4.69) is 16.9 Å². The second kappa shape index (κ2) is 7.22. The number of carbonyl (C=O) groups is 1. The van der Waals surface area contributed by atoms with E-state index in [-0.39, 0.29) is 24.1 Å². The van der Waals surface area contributed by atoms with Crippen LogP contribution >= 0.6 is 0 Å². The topological polar surface area (TPSA) is 85.8 Å². The fourth-order valence-electron chi connectivity index (χ4n) is 5.33. The van der Waals surface area contributed by atoms with E-state index < -0.39 is 0 Å². The molecule has 4 aromatic heterocycles. The first-order valence-corrected chi connectivity index (χ1v) is 11.2. The van der Waals surface area contributed by atoms with Crippen LogP contribution in [0, 0.1) is 5.92 Å². The van der Waals surface area contributed by atoms with E-state index in [9.17, 15) is 9.59 Å². The summed E-state index contributed by atoms with van der Waals surface area (Å²) < 4.78 is 9.07. The van der Waals surface area contributed by atoms with E-state index in [4.69, 9.17) is 4.42 Å². The van der Waals surface area contributed by atoms with E-state index in [1.165, 1.54) is 12.7 Å². The number of nitrogens with zero attached hydrogens (tertiary/aromatic N) is 3. The van der Waals surface area contributed by atoms with Crippen molar-refractivity contribution in [1.29, 1.82) is 0 Å². The minimum atomic E-state index is -0.151. The van der Waals surface area contributed by atoms with E-state index in [1.54, 1.807) is 10.8 Å². The Balaban J connectivity index is 1.53. The van der Waals surface area contributed by atoms with Crippen LogP contribution in [-0.2, 0) is 6.54 Å². The number of rotatable bonds is 4. The zero-order valence-corrected chi connectivity index (χ0v) is 17.9. The summed E-state index contributed by atoms with van der Waals surface area (Å²) in [6, 6.07) is 9.53. The number of imidazole rings is 1. The van der Waals surface area contributed by atoms with Crippen molar-refractivity contribution in [3.05, 3.63) is 65.0 Å². The first-order chi connectivity index (χ1) is 15.6. The summed E-state index contributed by atoms with van der Waals surface area (Å²) in [6.07, 6.45) is 9.41. The van der Waals surface area contributed by atoms with Crippen molar-refractivity contribution in [2.24, 2.45) is 5.92 Å². The summed E-state index contributed by atoms with van der Waals surface area (Å²) in [6.45, 7) is 2.17. The van der Waals surface area contributed by atoms with E-state index in [1.807, 2.05) is 41.1 Å². The van der Waals surface area contributed by atoms with Crippen LogP contribution in [-0.4, -0.2) is 24.9 Å². The fourth-order valence-corrected chi connectivity index (χ4v) is 5.33. The normalized spacial score (nSPS) is 19.3. The molecule has 0 spiro atoms. The monoisotopic (exact) mass is 428 g/mol. The van der Waals surface area contributed by atoms with Crippen molar-refractivity contribution in [3.63, 3.8) is 0 Å². The SMILES string of the molecule is C[C@@H]1CCCC[C@@H]1n1c(=O)n(CC(=O)c2coc3ccccc23)c2cnc3[nH]ccc3c21.